The molecule has 0 amide bonds. The average Bonchev–Trinajstić information content (AvgIpc) is 2.62. The maximum absolute atomic E-state index is 10.8. The summed E-state index contributed by atoms with van der Waals surface area (Å²) in [5, 5.41) is 3.02. The molecule has 0 aliphatic carbocycles. The lowest BCUT2D eigenvalue weighted by Gasteiger charge is -1.98. The van der Waals surface area contributed by atoms with Gasteiger partial charge in [-0.1, -0.05) is 29.8 Å². The molecular formula is C14H10ClNO. The number of halogens is 1. The summed E-state index contributed by atoms with van der Waals surface area (Å²) < 4.78 is 2.06. The number of carbonyl (C=O) groups excluding carboxylic acids is 1. The Morgan fingerprint density at radius 1 is 1.06 bits per heavy atom. The summed E-state index contributed by atoms with van der Waals surface area (Å²) in [7, 11) is 1.98. The molecule has 1 heterocycles. The topological polar surface area (TPSA) is 22.0 Å². The summed E-state index contributed by atoms with van der Waals surface area (Å²) in [6, 6.07) is 11.6. The van der Waals surface area contributed by atoms with Gasteiger partial charge in [-0.25, -0.2) is 0 Å². The van der Waals surface area contributed by atoms with Crippen LogP contribution in [0.25, 0.3) is 21.8 Å². The van der Waals surface area contributed by atoms with E-state index in [1.807, 2.05) is 43.4 Å². The highest BCUT2D eigenvalue weighted by Gasteiger charge is 2.08. The van der Waals surface area contributed by atoms with E-state index in [1.165, 1.54) is 0 Å². The second-order valence-electron chi connectivity index (χ2n) is 4.11. The number of hydrogen-bond donors (Lipinski definition) is 0. The third-order valence-corrected chi connectivity index (χ3v) is 3.37. The Morgan fingerprint density at radius 3 is 2.41 bits per heavy atom. The van der Waals surface area contributed by atoms with Crippen molar-refractivity contribution in [2.75, 3.05) is 0 Å². The summed E-state index contributed by atoms with van der Waals surface area (Å²) >= 11 is 6.01. The molecule has 84 valence electrons. The van der Waals surface area contributed by atoms with Gasteiger partial charge in [0.25, 0.3) is 0 Å². The van der Waals surface area contributed by atoms with Crippen LogP contribution in [0.3, 0.4) is 0 Å². The highest BCUT2D eigenvalue weighted by atomic mass is 35.5. The zero-order chi connectivity index (χ0) is 12.0. The number of rotatable bonds is 1. The SMILES string of the molecule is Cn1c2cc(Cl)ccc2c2ccc(C=O)cc21. The van der Waals surface area contributed by atoms with Gasteiger partial charge in [-0.05, 0) is 18.2 Å². The standard InChI is InChI=1S/C14H10ClNO/c1-16-13-6-9(8-17)2-4-11(13)12-5-3-10(15)7-14(12)16/h2-8H,1H3. The van der Waals surface area contributed by atoms with Crippen molar-refractivity contribution >= 4 is 39.7 Å². The predicted octanol–water partition coefficient (Wildman–Crippen LogP) is 3.80. The minimum absolute atomic E-state index is 0.689. The monoisotopic (exact) mass is 243 g/mol. The lowest BCUT2D eigenvalue weighted by Crippen LogP contribution is -1.87. The molecule has 2 aromatic carbocycles. The van der Waals surface area contributed by atoms with Crippen molar-refractivity contribution in [3.63, 3.8) is 0 Å². The van der Waals surface area contributed by atoms with Crippen LogP contribution in [-0.4, -0.2) is 10.9 Å². The number of carbonyl (C=O) groups is 1. The Balaban J connectivity index is 2.53. The molecule has 3 rings (SSSR count). The van der Waals surface area contributed by atoms with Gasteiger partial charge in [-0.3, -0.25) is 4.79 Å². The second kappa shape index (κ2) is 3.60. The fraction of sp³-hybridized carbons (Fsp3) is 0.0714. The Kier molecular flexibility index (Phi) is 2.20. The second-order valence-corrected chi connectivity index (χ2v) is 4.55. The molecule has 0 spiro atoms. The van der Waals surface area contributed by atoms with Gasteiger partial charge in [0.15, 0.2) is 0 Å². The quantitative estimate of drug-likeness (QED) is 0.596. The van der Waals surface area contributed by atoms with Crippen molar-refractivity contribution in [3.8, 4) is 0 Å². The zero-order valence-corrected chi connectivity index (χ0v) is 10.0. The lowest BCUT2D eigenvalue weighted by atomic mass is 10.1. The van der Waals surface area contributed by atoms with Crippen molar-refractivity contribution < 1.29 is 4.79 Å². The van der Waals surface area contributed by atoms with Gasteiger partial charge in [-0.15, -0.1) is 0 Å². The van der Waals surface area contributed by atoms with Gasteiger partial charge in [0.1, 0.15) is 6.29 Å². The van der Waals surface area contributed by atoms with Crippen LogP contribution in [-0.2, 0) is 7.05 Å². The molecule has 17 heavy (non-hydrogen) atoms. The summed E-state index contributed by atoms with van der Waals surface area (Å²) in [6.07, 6.45) is 0.865. The van der Waals surface area contributed by atoms with Gasteiger partial charge in [-0.2, -0.15) is 0 Å². The van der Waals surface area contributed by atoms with Crippen LogP contribution in [0.5, 0.6) is 0 Å². The van der Waals surface area contributed by atoms with Crippen LogP contribution in [0, 0.1) is 0 Å². The molecule has 0 aliphatic rings. The van der Waals surface area contributed by atoms with E-state index in [4.69, 9.17) is 11.6 Å². The normalized spacial score (nSPS) is 11.2. The molecule has 0 fully saturated rings. The summed E-state index contributed by atoms with van der Waals surface area (Å²) in [5.74, 6) is 0. The average molecular weight is 244 g/mol. The van der Waals surface area contributed by atoms with Crippen molar-refractivity contribution in [2.24, 2.45) is 7.05 Å². The number of fused-ring (bicyclic) bond motifs is 3. The first kappa shape index (κ1) is 10.4. The minimum atomic E-state index is 0.689. The van der Waals surface area contributed by atoms with E-state index in [0.29, 0.717) is 5.56 Å². The summed E-state index contributed by atoms with van der Waals surface area (Å²) in [5.41, 5.74) is 2.82. The predicted molar refractivity (Wildman–Crippen MR) is 70.8 cm³/mol. The first-order chi connectivity index (χ1) is 8.20. The van der Waals surface area contributed by atoms with Crippen LogP contribution < -0.4 is 0 Å². The molecule has 0 aliphatic heterocycles. The van der Waals surface area contributed by atoms with Crippen LogP contribution in [0.15, 0.2) is 36.4 Å². The van der Waals surface area contributed by atoms with Crippen molar-refractivity contribution in [2.45, 2.75) is 0 Å². The van der Waals surface area contributed by atoms with Crippen molar-refractivity contribution in [1.82, 2.24) is 4.57 Å². The molecule has 3 aromatic rings. The molecule has 0 radical (unpaired) electrons. The van der Waals surface area contributed by atoms with Crippen LogP contribution in [0.2, 0.25) is 5.02 Å². The molecule has 1 aromatic heterocycles. The molecule has 2 nitrogen and oxygen atoms in total. The van der Waals surface area contributed by atoms with E-state index in [-0.39, 0.29) is 0 Å². The maximum atomic E-state index is 10.8. The molecular weight excluding hydrogens is 234 g/mol. The zero-order valence-electron chi connectivity index (χ0n) is 9.27. The van der Waals surface area contributed by atoms with Crippen LogP contribution in [0.4, 0.5) is 0 Å². The number of aryl methyl sites for hydroxylation is 1. The largest absolute Gasteiger partial charge is 0.344 e. The third-order valence-electron chi connectivity index (χ3n) is 3.13. The fourth-order valence-electron chi connectivity index (χ4n) is 2.27. The van der Waals surface area contributed by atoms with Crippen LogP contribution >= 0.6 is 11.6 Å². The van der Waals surface area contributed by atoms with E-state index < -0.39 is 0 Å². The molecule has 0 saturated heterocycles. The van der Waals surface area contributed by atoms with Crippen LogP contribution in [0.1, 0.15) is 10.4 Å². The Labute approximate surface area is 103 Å². The van der Waals surface area contributed by atoms with Crippen molar-refractivity contribution in [1.29, 1.82) is 0 Å². The van der Waals surface area contributed by atoms with E-state index in [0.717, 1.165) is 33.1 Å². The summed E-state index contributed by atoms with van der Waals surface area (Å²) in [4.78, 5) is 10.8. The number of hydrogen-bond acceptors (Lipinski definition) is 1. The Morgan fingerprint density at radius 2 is 1.71 bits per heavy atom. The van der Waals surface area contributed by atoms with E-state index >= 15 is 0 Å². The number of aldehydes is 1. The third kappa shape index (κ3) is 1.45. The van der Waals surface area contributed by atoms with Gasteiger partial charge >= 0.3 is 0 Å². The first-order valence-electron chi connectivity index (χ1n) is 5.33. The molecule has 0 N–H and O–H groups in total. The minimum Gasteiger partial charge on any atom is -0.344 e. The Hall–Kier alpha value is -1.80. The first-order valence-corrected chi connectivity index (χ1v) is 5.71. The van der Waals surface area contributed by atoms with E-state index in [9.17, 15) is 4.79 Å². The number of benzene rings is 2. The molecule has 0 bridgehead atoms. The molecule has 0 unspecified atom stereocenters. The fourth-order valence-corrected chi connectivity index (χ4v) is 2.43. The van der Waals surface area contributed by atoms with Crippen molar-refractivity contribution in [3.05, 3.63) is 47.0 Å². The summed E-state index contributed by atoms with van der Waals surface area (Å²) in [6.45, 7) is 0. The van der Waals surface area contributed by atoms with Gasteiger partial charge < -0.3 is 4.57 Å². The number of nitrogens with zero attached hydrogens (tertiary/aromatic N) is 1. The van der Waals surface area contributed by atoms with E-state index in [2.05, 4.69) is 4.57 Å². The van der Waals surface area contributed by atoms with E-state index in [1.54, 1.807) is 0 Å². The Bertz CT molecular complexity index is 743. The van der Waals surface area contributed by atoms with Gasteiger partial charge in [0.05, 0.1) is 5.52 Å². The van der Waals surface area contributed by atoms with Gasteiger partial charge in [0.2, 0.25) is 0 Å². The maximum Gasteiger partial charge on any atom is 0.150 e. The highest BCUT2D eigenvalue weighted by Crippen LogP contribution is 2.30. The highest BCUT2D eigenvalue weighted by molar-refractivity contribution is 6.31. The molecule has 3 heteroatoms. The smallest absolute Gasteiger partial charge is 0.150 e. The number of aromatic nitrogens is 1. The van der Waals surface area contributed by atoms with Gasteiger partial charge in [0, 0.05) is 33.9 Å². The molecule has 0 saturated carbocycles. The molecule has 0 atom stereocenters. The lowest BCUT2D eigenvalue weighted by molar-refractivity contribution is 0.112.